The number of hydrogen-bond acceptors (Lipinski definition) is 5. The zero-order valence-electron chi connectivity index (χ0n) is 11.0. The van der Waals surface area contributed by atoms with Gasteiger partial charge in [-0.2, -0.15) is 0 Å². The van der Waals surface area contributed by atoms with Gasteiger partial charge in [-0.25, -0.2) is 9.48 Å². The molecule has 20 heavy (non-hydrogen) atoms. The number of nitrogens with zero attached hydrogens (tertiary/aromatic N) is 3. The highest BCUT2D eigenvalue weighted by molar-refractivity contribution is 7.16. The lowest BCUT2D eigenvalue weighted by atomic mass is 10.2. The van der Waals surface area contributed by atoms with Gasteiger partial charge >= 0.3 is 5.97 Å². The van der Waals surface area contributed by atoms with Gasteiger partial charge in [0.25, 0.3) is 0 Å². The Kier molecular flexibility index (Phi) is 3.76. The molecule has 0 spiro atoms. The molecule has 0 saturated heterocycles. The van der Waals surface area contributed by atoms with Crippen LogP contribution in [0.3, 0.4) is 0 Å². The summed E-state index contributed by atoms with van der Waals surface area (Å²) in [5.74, 6) is -0.00953. The van der Waals surface area contributed by atoms with Crippen LogP contribution in [0.15, 0.2) is 12.1 Å². The lowest BCUT2D eigenvalue weighted by molar-refractivity contribution is 0.0518. The van der Waals surface area contributed by atoms with E-state index in [9.17, 15) is 4.79 Å². The molecular formula is C13H14ClN3O2S. The van der Waals surface area contributed by atoms with Crippen LogP contribution in [0.4, 0.5) is 0 Å². The molecule has 0 aromatic carbocycles. The van der Waals surface area contributed by atoms with Crippen molar-refractivity contribution in [2.45, 2.75) is 32.2 Å². The van der Waals surface area contributed by atoms with Crippen LogP contribution in [-0.2, 0) is 11.3 Å². The van der Waals surface area contributed by atoms with Crippen LogP contribution in [-0.4, -0.2) is 27.6 Å². The van der Waals surface area contributed by atoms with Gasteiger partial charge in [0.15, 0.2) is 5.69 Å². The van der Waals surface area contributed by atoms with Crippen LogP contribution in [0, 0.1) is 0 Å². The summed E-state index contributed by atoms with van der Waals surface area (Å²) in [6, 6.07) is 3.83. The summed E-state index contributed by atoms with van der Waals surface area (Å²) in [7, 11) is 0. The minimum absolute atomic E-state index is 0.344. The smallest absolute Gasteiger partial charge is 0.360 e. The molecule has 0 atom stereocenters. The summed E-state index contributed by atoms with van der Waals surface area (Å²) in [4.78, 5) is 13.0. The Balaban J connectivity index is 1.89. The highest BCUT2D eigenvalue weighted by atomic mass is 35.5. The maximum Gasteiger partial charge on any atom is 0.360 e. The van der Waals surface area contributed by atoms with E-state index in [2.05, 4.69) is 10.3 Å². The molecule has 3 rings (SSSR count). The van der Waals surface area contributed by atoms with Crippen molar-refractivity contribution in [3.63, 3.8) is 0 Å². The van der Waals surface area contributed by atoms with Crippen molar-refractivity contribution in [1.82, 2.24) is 15.0 Å². The third kappa shape index (κ3) is 2.71. The normalized spacial score (nSPS) is 14.5. The topological polar surface area (TPSA) is 57.0 Å². The van der Waals surface area contributed by atoms with Gasteiger partial charge in [0.1, 0.15) is 0 Å². The Labute approximate surface area is 125 Å². The number of hydrogen-bond donors (Lipinski definition) is 0. The highest BCUT2D eigenvalue weighted by Gasteiger charge is 2.34. The molecule has 106 valence electrons. The summed E-state index contributed by atoms with van der Waals surface area (Å²) in [5.41, 5.74) is 1.25. The molecule has 1 aliphatic carbocycles. The Morgan fingerprint density at radius 3 is 2.95 bits per heavy atom. The van der Waals surface area contributed by atoms with Gasteiger partial charge in [0.2, 0.25) is 0 Å². The van der Waals surface area contributed by atoms with Crippen molar-refractivity contribution >= 4 is 28.9 Å². The zero-order chi connectivity index (χ0) is 14.1. The monoisotopic (exact) mass is 311 g/mol. The number of esters is 1. The number of ether oxygens (including phenoxy) is 1. The molecule has 1 fully saturated rings. The molecule has 0 amide bonds. The van der Waals surface area contributed by atoms with Gasteiger partial charge in [-0.05, 0) is 31.9 Å². The maximum absolute atomic E-state index is 11.9. The summed E-state index contributed by atoms with van der Waals surface area (Å²) in [5, 5.41) is 8.12. The van der Waals surface area contributed by atoms with Crippen molar-refractivity contribution in [2.24, 2.45) is 0 Å². The second-order valence-electron chi connectivity index (χ2n) is 4.68. The van der Waals surface area contributed by atoms with E-state index in [0.717, 1.165) is 27.7 Å². The molecule has 7 heteroatoms. The van der Waals surface area contributed by atoms with Crippen molar-refractivity contribution in [3.8, 4) is 0 Å². The minimum atomic E-state index is -0.384. The summed E-state index contributed by atoms with van der Waals surface area (Å²) >= 11 is 7.45. The first kappa shape index (κ1) is 13.6. The van der Waals surface area contributed by atoms with Crippen LogP contribution >= 0.6 is 22.9 Å². The molecule has 2 aromatic rings. The zero-order valence-corrected chi connectivity index (χ0v) is 12.6. The number of carbonyl (C=O) groups excluding carboxylic acids is 1. The summed E-state index contributed by atoms with van der Waals surface area (Å²) in [6.45, 7) is 2.72. The third-order valence-corrected chi connectivity index (χ3v) is 4.36. The van der Waals surface area contributed by atoms with Gasteiger partial charge in [-0.15, -0.1) is 16.4 Å². The van der Waals surface area contributed by atoms with E-state index in [1.165, 1.54) is 11.3 Å². The number of aromatic nitrogens is 3. The van der Waals surface area contributed by atoms with E-state index in [1.807, 2.05) is 12.1 Å². The molecule has 0 bridgehead atoms. The van der Waals surface area contributed by atoms with Crippen molar-refractivity contribution in [3.05, 3.63) is 32.7 Å². The Bertz CT molecular complexity index is 633. The second kappa shape index (κ2) is 5.54. The Morgan fingerprint density at radius 2 is 2.35 bits per heavy atom. The summed E-state index contributed by atoms with van der Waals surface area (Å²) in [6.07, 6.45) is 2.15. The molecule has 2 aromatic heterocycles. The van der Waals surface area contributed by atoms with Gasteiger partial charge in [-0.1, -0.05) is 16.8 Å². The SMILES string of the molecule is CCOC(=O)c1nnn(Cc2ccc(Cl)s2)c1C1CC1. The Morgan fingerprint density at radius 1 is 1.55 bits per heavy atom. The molecule has 1 aliphatic rings. The molecule has 0 unspecified atom stereocenters. The van der Waals surface area contributed by atoms with Crippen molar-refractivity contribution in [2.75, 3.05) is 6.61 Å². The molecule has 0 aliphatic heterocycles. The summed E-state index contributed by atoms with van der Waals surface area (Å²) < 4.78 is 7.59. The predicted octanol–water partition coefficient (Wildman–Crippen LogP) is 3.10. The number of rotatable bonds is 5. The van der Waals surface area contributed by atoms with E-state index in [1.54, 1.807) is 11.6 Å². The van der Waals surface area contributed by atoms with E-state index < -0.39 is 0 Å². The quantitative estimate of drug-likeness (QED) is 0.796. The molecular weight excluding hydrogens is 298 g/mol. The lowest BCUT2D eigenvalue weighted by Crippen LogP contribution is -2.10. The first-order valence-corrected chi connectivity index (χ1v) is 7.73. The average Bonchev–Trinajstić information content (AvgIpc) is 3.05. The fourth-order valence-electron chi connectivity index (χ4n) is 2.13. The fourth-order valence-corrected chi connectivity index (χ4v) is 3.20. The second-order valence-corrected chi connectivity index (χ2v) is 6.48. The first-order valence-electron chi connectivity index (χ1n) is 6.53. The van der Waals surface area contributed by atoms with E-state index in [-0.39, 0.29) is 5.97 Å². The molecule has 2 heterocycles. The van der Waals surface area contributed by atoms with Crippen LogP contribution in [0.1, 0.15) is 46.7 Å². The van der Waals surface area contributed by atoms with Crippen molar-refractivity contribution in [1.29, 1.82) is 0 Å². The van der Waals surface area contributed by atoms with E-state index >= 15 is 0 Å². The molecule has 5 nitrogen and oxygen atoms in total. The largest absolute Gasteiger partial charge is 0.461 e. The van der Waals surface area contributed by atoms with Gasteiger partial charge in [0.05, 0.1) is 23.2 Å². The molecule has 0 radical (unpaired) electrons. The van der Waals surface area contributed by atoms with Crippen LogP contribution in [0.25, 0.3) is 0 Å². The first-order chi connectivity index (χ1) is 9.69. The fraction of sp³-hybridized carbons (Fsp3) is 0.462. The van der Waals surface area contributed by atoms with Gasteiger partial charge < -0.3 is 4.74 Å². The predicted molar refractivity (Wildman–Crippen MR) is 76.4 cm³/mol. The highest BCUT2D eigenvalue weighted by Crippen LogP contribution is 2.41. The Hall–Kier alpha value is -1.40. The van der Waals surface area contributed by atoms with Crippen LogP contribution in [0.5, 0.6) is 0 Å². The third-order valence-electron chi connectivity index (χ3n) is 3.14. The average molecular weight is 312 g/mol. The van der Waals surface area contributed by atoms with E-state index in [0.29, 0.717) is 24.8 Å². The maximum atomic E-state index is 11.9. The molecule has 0 N–H and O–H groups in total. The molecule has 1 saturated carbocycles. The number of carbonyl (C=O) groups is 1. The number of halogens is 1. The lowest BCUT2D eigenvalue weighted by Gasteiger charge is -2.05. The van der Waals surface area contributed by atoms with E-state index in [4.69, 9.17) is 16.3 Å². The standard InChI is InChI=1S/C13H14ClN3O2S/c1-2-19-13(18)11-12(8-3-4-8)17(16-15-11)7-9-5-6-10(14)20-9/h5-6,8H,2-4,7H2,1H3. The van der Waals surface area contributed by atoms with Gasteiger partial charge in [0, 0.05) is 10.8 Å². The van der Waals surface area contributed by atoms with Crippen molar-refractivity contribution < 1.29 is 9.53 Å². The number of thiophene rings is 1. The van der Waals surface area contributed by atoms with Crippen LogP contribution in [0.2, 0.25) is 4.34 Å². The minimum Gasteiger partial charge on any atom is -0.461 e. The van der Waals surface area contributed by atoms with Crippen LogP contribution < -0.4 is 0 Å². The van der Waals surface area contributed by atoms with Gasteiger partial charge in [-0.3, -0.25) is 0 Å².